The second-order valence-electron chi connectivity index (χ2n) is 11.4. The van der Waals surface area contributed by atoms with Crippen molar-refractivity contribution in [3.05, 3.63) is 101 Å². The van der Waals surface area contributed by atoms with Crippen LogP contribution in [-0.4, -0.2) is 40.3 Å². The van der Waals surface area contributed by atoms with Crippen LogP contribution < -0.4 is 4.74 Å². The number of imidazole rings is 1. The number of allylic oxidation sites excluding steroid dienone is 2. The fourth-order valence-corrected chi connectivity index (χ4v) is 6.12. The van der Waals surface area contributed by atoms with Crippen LogP contribution in [0.3, 0.4) is 0 Å². The van der Waals surface area contributed by atoms with E-state index >= 15 is 0 Å². The van der Waals surface area contributed by atoms with Crippen LogP contribution in [0.4, 0.5) is 5.69 Å². The van der Waals surface area contributed by atoms with Crippen molar-refractivity contribution in [2.45, 2.75) is 51.4 Å². The number of hydrogen-bond acceptors (Lipinski definition) is 7. The van der Waals surface area contributed by atoms with Crippen molar-refractivity contribution in [2.75, 3.05) is 13.7 Å². The standard InChI is InChI=1S/C35H32N4O5/c1-36-29-12-11-25(34-27(29)15-17-43-34)21-44-33-5-3-4-28(38-33)23-8-6-22(7-9-23)18-32-37-30-13-10-24(35(40)41-2)19-31(30)39(32)20-26-14-16-42-26/h3-5,8,10-13,15,17,19,22,26H,6-7,9,14,16,18,20-21H2,2H3/t22?,26-/m0/s1. The van der Waals surface area contributed by atoms with E-state index in [1.165, 1.54) is 12.7 Å². The topological polar surface area (TPSA) is 93.0 Å². The Morgan fingerprint density at radius 3 is 2.82 bits per heavy atom. The molecule has 0 bridgehead atoms. The Hall–Kier alpha value is -4.94. The van der Waals surface area contributed by atoms with Crippen molar-refractivity contribution in [1.29, 1.82) is 0 Å². The van der Waals surface area contributed by atoms with Gasteiger partial charge in [-0.3, -0.25) is 0 Å². The number of benzene rings is 2. The van der Waals surface area contributed by atoms with E-state index in [1.807, 2.05) is 42.5 Å². The van der Waals surface area contributed by atoms with Crippen LogP contribution >= 0.6 is 0 Å². The van der Waals surface area contributed by atoms with Crippen LogP contribution in [0.2, 0.25) is 0 Å². The Morgan fingerprint density at radius 1 is 1.14 bits per heavy atom. The average molecular weight is 589 g/mol. The number of hydrogen-bond donors (Lipinski definition) is 0. The molecule has 1 aliphatic carbocycles. The number of rotatable bonds is 9. The molecule has 1 aliphatic heterocycles. The summed E-state index contributed by atoms with van der Waals surface area (Å²) in [4.78, 5) is 25.6. The van der Waals surface area contributed by atoms with Gasteiger partial charge in [0.1, 0.15) is 18.0 Å². The van der Waals surface area contributed by atoms with Crippen LogP contribution in [0.5, 0.6) is 5.88 Å². The average Bonchev–Trinajstić information content (AvgIpc) is 3.66. The van der Waals surface area contributed by atoms with E-state index in [0.29, 0.717) is 35.2 Å². The highest BCUT2D eigenvalue weighted by atomic mass is 16.5. The number of aromatic nitrogens is 3. The third-order valence-electron chi connectivity index (χ3n) is 8.64. The lowest BCUT2D eigenvalue weighted by molar-refractivity contribution is -0.0590. The van der Waals surface area contributed by atoms with E-state index in [4.69, 9.17) is 35.2 Å². The van der Waals surface area contributed by atoms with Crippen molar-refractivity contribution in [3.63, 3.8) is 0 Å². The first-order chi connectivity index (χ1) is 21.6. The Bertz CT molecular complexity index is 1930. The van der Waals surface area contributed by atoms with Gasteiger partial charge in [0.2, 0.25) is 5.88 Å². The summed E-state index contributed by atoms with van der Waals surface area (Å²) < 4.78 is 24.6. The predicted molar refractivity (Wildman–Crippen MR) is 165 cm³/mol. The van der Waals surface area contributed by atoms with Crippen molar-refractivity contribution in [1.82, 2.24) is 14.5 Å². The zero-order valence-corrected chi connectivity index (χ0v) is 24.5. The summed E-state index contributed by atoms with van der Waals surface area (Å²) in [5, 5.41) is 0.794. The molecule has 1 unspecified atom stereocenters. The number of methoxy groups -OCH3 is 1. The van der Waals surface area contributed by atoms with Gasteiger partial charge in [0.05, 0.1) is 54.9 Å². The number of ether oxygens (including phenoxy) is 3. The highest BCUT2D eigenvalue weighted by Gasteiger charge is 2.25. The molecule has 3 aromatic heterocycles. The van der Waals surface area contributed by atoms with Gasteiger partial charge in [0, 0.05) is 30.0 Å². The number of carbonyl (C=O) groups is 1. The summed E-state index contributed by atoms with van der Waals surface area (Å²) in [6.45, 7) is 9.19. The van der Waals surface area contributed by atoms with E-state index in [-0.39, 0.29) is 12.1 Å². The zero-order valence-electron chi connectivity index (χ0n) is 24.5. The van der Waals surface area contributed by atoms with Gasteiger partial charge >= 0.3 is 5.97 Å². The van der Waals surface area contributed by atoms with Crippen LogP contribution in [0.15, 0.2) is 71.4 Å². The van der Waals surface area contributed by atoms with E-state index in [0.717, 1.165) is 78.8 Å². The molecule has 9 nitrogen and oxygen atoms in total. The number of pyridine rings is 1. The van der Waals surface area contributed by atoms with Gasteiger partial charge in [-0.1, -0.05) is 24.3 Å². The van der Waals surface area contributed by atoms with E-state index in [1.54, 1.807) is 18.4 Å². The molecule has 2 atom stereocenters. The number of furan rings is 1. The number of esters is 1. The molecule has 4 heterocycles. The Balaban J connectivity index is 1.05. The van der Waals surface area contributed by atoms with Crippen molar-refractivity contribution >= 4 is 39.2 Å². The number of carbonyl (C=O) groups excluding carboxylic acids is 1. The predicted octanol–water partition coefficient (Wildman–Crippen LogP) is 7.31. The maximum Gasteiger partial charge on any atom is 0.337 e. The molecule has 222 valence electrons. The van der Waals surface area contributed by atoms with Gasteiger partial charge in [-0.2, -0.15) is 0 Å². The highest BCUT2D eigenvalue weighted by Crippen LogP contribution is 2.34. The first kappa shape index (κ1) is 27.9. The summed E-state index contributed by atoms with van der Waals surface area (Å²) in [5.41, 5.74) is 6.62. The van der Waals surface area contributed by atoms with Crippen molar-refractivity contribution in [2.24, 2.45) is 5.92 Å². The maximum absolute atomic E-state index is 12.2. The third kappa shape index (κ3) is 5.45. The van der Waals surface area contributed by atoms with E-state index in [9.17, 15) is 4.79 Å². The van der Waals surface area contributed by atoms with Crippen molar-refractivity contribution < 1.29 is 23.4 Å². The second kappa shape index (κ2) is 12.0. The summed E-state index contributed by atoms with van der Waals surface area (Å²) in [6, 6.07) is 16.9. The summed E-state index contributed by atoms with van der Waals surface area (Å²) in [5.74, 6) is 1.69. The van der Waals surface area contributed by atoms with Crippen LogP contribution in [0.25, 0.3) is 32.4 Å². The molecule has 7 rings (SSSR count). The minimum absolute atomic E-state index is 0.176. The zero-order chi connectivity index (χ0) is 30.0. The minimum atomic E-state index is -0.348. The summed E-state index contributed by atoms with van der Waals surface area (Å²) in [6.07, 6.45) is 8.84. The van der Waals surface area contributed by atoms with E-state index < -0.39 is 0 Å². The first-order valence-corrected chi connectivity index (χ1v) is 14.9. The van der Waals surface area contributed by atoms with Gasteiger partial charge in [-0.15, -0.1) is 0 Å². The molecule has 0 N–H and O–H groups in total. The molecule has 1 fully saturated rings. The molecular weight excluding hydrogens is 556 g/mol. The maximum atomic E-state index is 12.2. The third-order valence-corrected chi connectivity index (χ3v) is 8.64. The normalized spacial score (nSPS) is 18.0. The summed E-state index contributed by atoms with van der Waals surface area (Å²) >= 11 is 0. The van der Waals surface area contributed by atoms with Gasteiger partial charge in [-0.25, -0.2) is 19.6 Å². The molecule has 0 saturated carbocycles. The smallest absolute Gasteiger partial charge is 0.337 e. The minimum Gasteiger partial charge on any atom is -0.473 e. The molecule has 44 heavy (non-hydrogen) atoms. The number of fused-ring (bicyclic) bond motifs is 2. The molecule has 0 amide bonds. The van der Waals surface area contributed by atoms with E-state index in [2.05, 4.69) is 15.5 Å². The quantitative estimate of drug-likeness (QED) is 0.132. The lowest BCUT2D eigenvalue weighted by Crippen LogP contribution is -2.32. The molecule has 2 aromatic carbocycles. The molecular formula is C35H32N4O5. The number of nitrogens with zero attached hydrogens (tertiary/aromatic N) is 4. The Morgan fingerprint density at radius 2 is 2.05 bits per heavy atom. The lowest BCUT2D eigenvalue weighted by Gasteiger charge is -2.28. The molecule has 2 aliphatic rings. The SMILES string of the molecule is [C-]#[N+]c1ccc(COc2cccc(C3=CCC(Cc4nc5ccc(C(=O)OC)cc5n4C[C@@H]4CCO4)CC3)n2)c2occc12. The second-order valence-corrected chi connectivity index (χ2v) is 11.4. The molecule has 0 spiro atoms. The van der Waals surface area contributed by atoms with Gasteiger partial charge < -0.3 is 23.2 Å². The fraction of sp³-hybridized carbons (Fsp3) is 0.314. The molecule has 5 aromatic rings. The first-order valence-electron chi connectivity index (χ1n) is 14.9. The molecule has 0 radical (unpaired) electrons. The monoisotopic (exact) mass is 588 g/mol. The van der Waals surface area contributed by atoms with Gasteiger partial charge in [0.25, 0.3) is 0 Å². The Labute approximate surface area is 254 Å². The highest BCUT2D eigenvalue weighted by molar-refractivity contribution is 5.94. The van der Waals surface area contributed by atoms with Crippen LogP contribution in [0.1, 0.15) is 53.1 Å². The fourth-order valence-electron chi connectivity index (χ4n) is 6.12. The van der Waals surface area contributed by atoms with Crippen LogP contribution in [0, 0.1) is 12.5 Å². The Kier molecular flexibility index (Phi) is 7.59. The van der Waals surface area contributed by atoms with Crippen molar-refractivity contribution in [3.8, 4) is 5.88 Å². The lowest BCUT2D eigenvalue weighted by atomic mass is 9.86. The summed E-state index contributed by atoms with van der Waals surface area (Å²) in [7, 11) is 1.40. The van der Waals surface area contributed by atoms with Crippen LogP contribution in [-0.2, 0) is 29.0 Å². The van der Waals surface area contributed by atoms with Gasteiger partial charge in [0.15, 0.2) is 5.69 Å². The largest absolute Gasteiger partial charge is 0.473 e. The molecule has 1 saturated heterocycles. The van der Waals surface area contributed by atoms with Gasteiger partial charge in [-0.05, 0) is 67.5 Å². The molecule has 9 heteroatoms.